The largest absolute Gasteiger partial charge is 0.387 e. The molecule has 0 radical (unpaired) electrons. The van der Waals surface area contributed by atoms with Crippen molar-refractivity contribution >= 4 is 23.2 Å². The van der Waals surface area contributed by atoms with E-state index in [1.807, 2.05) is 13.1 Å². The first-order chi connectivity index (χ1) is 10.0. The molecule has 2 atom stereocenters. The molecule has 0 heterocycles. The van der Waals surface area contributed by atoms with Gasteiger partial charge in [0, 0.05) is 23.8 Å². The van der Waals surface area contributed by atoms with E-state index in [9.17, 15) is 4.79 Å². The number of anilines is 1. The van der Waals surface area contributed by atoms with Crippen molar-refractivity contribution in [2.24, 2.45) is 11.8 Å². The Labute approximate surface area is 132 Å². The van der Waals surface area contributed by atoms with Crippen molar-refractivity contribution in [2.75, 3.05) is 12.4 Å². The summed E-state index contributed by atoms with van der Waals surface area (Å²) < 4.78 is 0. The molecule has 1 aromatic carbocycles. The first kappa shape index (κ1) is 16.2. The van der Waals surface area contributed by atoms with Gasteiger partial charge in [-0.1, -0.05) is 38.3 Å². The van der Waals surface area contributed by atoms with Crippen molar-refractivity contribution in [1.82, 2.24) is 5.32 Å². The molecule has 0 bridgehead atoms. The van der Waals surface area contributed by atoms with Crippen LogP contribution in [0.5, 0.6) is 0 Å². The summed E-state index contributed by atoms with van der Waals surface area (Å²) in [5, 5.41) is 6.87. The summed E-state index contributed by atoms with van der Waals surface area (Å²) >= 11 is 6.03. The molecule has 21 heavy (non-hydrogen) atoms. The van der Waals surface area contributed by atoms with Crippen LogP contribution in [-0.4, -0.2) is 19.0 Å². The third-order valence-electron chi connectivity index (χ3n) is 4.49. The second kappa shape index (κ2) is 7.17. The minimum absolute atomic E-state index is 0.0283. The highest BCUT2D eigenvalue weighted by Gasteiger charge is 2.29. The van der Waals surface area contributed by atoms with Crippen molar-refractivity contribution in [3.8, 4) is 0 Å². The van der Waals surface area contributed by atoms with Crippen LogP contribution in [0.2, 0.25) is 5.02 Å². The molecule has 1 aromatic rings. The third kappa shape index (κ3) is 3.91. The first-order valence-electron chi connectivity index (χ1n) is 7.81. The normalized spacial score (nSPS) is 22.1. The van der Waals surface area contributed by atoms with Gasteiger partial charge in [0.05, 0.1) is 5.56 Å². The Morgan fingerprint density at radius 3 is 2.67 bits per heavy atom. The second-order valence-corrected chi connectivity index (χ2v) is 6.65. The van der Waals surface area contributed by atoms with E-state index in [2.05, 4.69) is 24.5 Å². The predicted octanol–water partition coefficient (Wildman–Crippen LogP) is 4.33. The van der Waals surface area contributed by atoms with E-state index in [0.29, 0.717) is 22.4 Å². The number of halogens is 1. The summed E-state index contributed by atoms with van der Waals surface area (Å²) in [6.45, 7) is 4.49. The molecule has 0 saturated heterocycles. The maximum absolute atomic E-state index is 12.6. The second-order valence-electron chi connectivity index (χ2n) is 6.21. The van der Waals surface area contributed by atoms with Gasteiger partial charge in [0.25, 0.3) is 5.91 Å². The molecule has 2 N–H and O–H groups in total. The Balaban J connectivity index is 2.15. The Hall–Kier alpha value is -1.22. The van der Waals surface area contributed by atoms with Gasteiger partial charge in [0.2, 0.25) is 0 Å². The predicted molar refractivity (Wildman–Crippen MR) is 89.0 cm³/mol. The minimum Gasteiger partial charge on any atom is -0.387 e. The van der Waals surface area contributed by atoms with Gasteiger partial charge in [-0.05, 0) is 42.9 Å². The van der Waals surface area contributed by atoms with Crippen molar-refractivity contribution in [3.63, 3.8) is 0 Å². The lowest BCUT2D eigenvalue weighted by Gasteiger charge is -2.35. The van der Waals surface area contributed by atoms with Crippen LogP contribution in [-0.2, 0) is 0 Å². The van der Waals surface area contributed by atoms with Gasteiger partial charge in [-0.15, -0.1) is 0 Å². The lowest BCUT2D eigenvalue weighted by atomic mass is 9.78. The van der Waals surface area contributed by atoms with Gasteiger partial charge >= 0.3 is 0 Å². The molecule has 0 spiro atoms. The number of rotatable bonds is 4. The number of hydrogen-bond acceptors (Lipinski definition) is 2. The first-order valence-corrected chi connectivity index (χ1v) is 8.19. The summed E-state index contributed by atoms with van der Waals surface area (Å²) in [7, 11) is 1.82. The van der Waals surface area contributed by atoms with Crippen molar-refractivity contribution in [1.29, 1.82) is 0 Å². The highest BCUT2D eigenvalue weighted by Crippen LogP contribution is 2.31. The fourth-order valence-corrected chi connectivity index (χ4v) is 3.48. The quantitative estimate of drug-likeness (QED) is 0.869. The zero-order chi connectivity index (χ0) is 15.4. The molecule has 2 rings (SSSR count). The SMILES string of the molecule is CNc1ccc(Cl)cc1C(=O)NC1CCCCC1C(C)C. The zero-order valence-corrected chi connectivity index (χ0v) is 13.8. The van der Waals surface area contributed by atoms with Gasteiger partial charge in [0.15, 0.2) is 0 Å². The van der Waals surface area contributed by atoms with Crippen LogP contribution in [0.3, 0.4) is 0 Å². The van der Waals surface area contributed by atoms with Crippen LogP contribution < -0.4 is 10.6 Å². The molecule has 1 amide bonds. The molecule has 116 valence electrons. The Kier molecular flexibility index (Phi) is 5.51. The molecule has 1 saturated carbocycles. The molecule has 1 aliphatic rings. The van der Waals surface area contributed by atoms with Crippen LogP contribution >= 0.6 is 11.6 Å². The Bertz CT molecular complexity index is 502. The van der Waals surface area contributed by atoms with E-state index in [0.717, 1.165) is 12.1 Å². The molecule has 4 heteroatoms. The smallest absolute Gasteiger partial charge is 0.253 e. The number of carbonyl (C=O) groups excluding carboxylic acids is 1. The standard InChI is InChI=1S/C17H25ClN2O/c1-11(2)13-6-4-5-7-16(13)20-17(21)14-10-12(18)8-9-15(14)19-3/h8-11,13,16,19H,4-7H2,1-3H3,(H,20,21). The number of nitrogens with one attached hydrogen (secondary N) is 2. The molecule has 3 nitrogen and oxygen atoms in total. The molecular formula is C17H25ClN2O. The highest BCUT2D eigenvalue weighted by molar-refractivity contribution is 6.31. The number of amides is 1. The number of carbonyl (C=O) groups is 1. The minimum atomic E-state index is -0.0283. The van der Waals surface area contributed by atoms with Crippen LogP contribution in [0, 0.1) is 11.8 Å². The lowest BCUT2D eigenvalue weighted by Crippen LogP contribution is -2.44. The monoisotopic (exact) mass is 308 g/mol. The maximum atomic E-state index is 12.6. The fraction of sp³-hybridized carbons (Fsp3) is 0.588. The average Bonchev–Trinajstić information content (AvgIpc) is 2.47. The maximum Gasteiger partial charge on any atom is 0.253 e. The average molecular weight is 309 g/mol. The van der Waals surface area contributed by atoms with Crippen LogP contribution in [0.25, 0.3) is 0 Å². The van der Waals surface area contributed by atoms with Crippen molar-refractivity contribution in [3.05, 3.63) is 28.8 Å². The molecule has 2 unspecified atom stereocenters. The van der Waals surface area contributed by atoms with Crippen molar-refractivity contribution in [2.45, 2.75) is 45.6 Å². The van der Waals surface area contributed by atoms with Crippen LogP contribution in [0.1, 0.15) is 49.9 Å². The highest BCUT2D eigenvalue weighted by atomic mass is 35.5. The molecular weight excluding hydrogens is 284 g/mol. The lowest BCUT2D eigenvalue weighted by molar-refractivity contribution is 0.0890. The third-order valence-corrected chi connectivity index (χ3v) is 4.72. The zero-order valence-electron chi connectivity index (χ0n) is 13.1. The van der Waals surface area contributed by atoms with Gasteiger partial charge in [-0.25, -0.2) is 0 Å². The number of benzene rings is 1. The molecule has 0 aliphatic heterocycles. The van der Waals surface area contributed by atoms with Gasteiger partial charge in [0.1, 0.15) is 0 Å². The Morgan fingerprint density at radius 1 is 1.29 bits per heavy atom. The molecule has 1 fully saturated rings. The van der Waals surface area contributed by atoms with E-state index in [1.165, 1.54) is 19.3 Å². The molecule has 1 aliphatic carbocycles. The van der Waals surface area contributed by atoms with Crippen LogP contribution in [0.4, 0.5) is 5.69 Å². The fourth-order valence-electron chi connectivity index (χ4n) is 3.31. The summed E-state index contributed by atoms with van der Waals surface area (Å²) in [4.78, 5) is 12.6. The van der Waals surface area contributed by atoms with Gasteiger partial charge < -0.3 is 10.6 Å². The molecule has 0 aromatic heterocycles. The summed E-state index contributed by atoms with van der Waals surface area (Å²) in [5.74, 6) is 1.14. The van der Waals surface area contributed by atoms with Crippen molar-refractivity contribution < 1.29 is 4.79 Å². The van der Waals surface area contributed by atoms with E-state index in [4.69, 9.17) is 11.6 Å². The van der Waals surface area contributed by atoms with E-state index >= 15 is 0 Å². The topological polar surface area (TPSA) is 41.1 Å². The van der Waals surface area contributed by atoms with E-state index in [-0.39, 0.29) is 11.9 Å². The summed E-state index contributed by atoms with van der Waals surface area (Å²) in [5.41, 5.74) is 1.44. The van der Waals surface area contributed by atoms with E-state index < -0.39 is 0 Å². The summed E-state index contributed by atoms with van der Waals surface area (Å²) in [6.07, 6.45) is 4.75. The Morgan fingerprint density at radius 2 is 2.00 bits per heavy atom. The van der Waals surface area contributed by atoms with Gasteiger partial charge in [-0.2, -0.15) is 0 Å². The number of hydrogen-bond donors (Lipinski definition) is 2. The van der Waals surface area contributed by atoms with E-state index in [1.54, 1.807) is 12.1 Å². The van der Waals surface area contributed by atoms with Gasteiger partial charge in [-0.3, -0.25) is 4.79 Å². The summed E-state index contributed by atoms with van der Waals surface area (Å²) in [6, 6.07) is 5.64. The van der Waals surface area contributed by atoms with Crippen LogP contribution in [0.15, 0.2) is 18.2 Å².